The van der Waals surface area contributed by atoms with Crippen molar-refractivity contribution in [2.45, 2.75) is 6.42 Å². The maximum atomic E-state index is 5.31. The normalized spacial score (nSPS) is 17.3. The van der Waals surface area contributed by atoms with E-state index in [1.54, 1.807) is 7.11 Å². The smallest absolute Gasteiger partial charge is 0.171 e. The topological polar surface area (TPSA) is 37.4 Å². The summed E-state index contributed by atoms with van der Waals surface area (Å²) in [5.41, 5.74) is 0. The van der Waals surface area contributed by atoms with E-state index >= 15 is 0 Å². The van der Waals surface area contributed by atoms with Crippen LogP contribution < -0.4 is 15.0 Å². The highest BCUT2D eigenvalue weighted by atomic mass is 16.5. The van der Waals surface area contributed by atoms with Gasteiger partial charge in [0.05, 0.1) is 7.11 Å². The van der Waals surface area contributed by atoms with Gasteiger partial charge in [0.15, 0.2) is 11.6 Å². The first-order valence-corrected chi connectivity index (χ1v) is 5.36. The zero-order valence-electron chi connectivity index (χ0n) is 9.07. The van der Waals surface area contributed by atoms with E-state index in [2.05, 4.69) is 15.2 Å². The van der Waals surface area contributed by atoms with Crippen molar-refractivity contribution in [2.24, 2.45) is 0 Å². The molecule has 1 aromatic heterocycles. The van der Waals surface area contributed by atoms with Gasteiger partial charge in [-0.15, -0.1) is 0 Å². The Balaban J connectivity index is 2.18. The van der Waals surface area contributed by atoms with Gasteiger partial charge in [0.1, 0.15) is 0 Å². The Bertz CT molecular complexity index is 308. The number of pyridine rings is 1. The Morgan fingerprint density at radius 1 is 1.40 bits per heavy atom. The molecule has 2 heterocycles. The molecule has 0 atom stereocenters. The summed E-state index contributed by atoms with van der Waals surface area (Å²) in [6, 6.07) is 3.86. The Labute approximate surface area is 90.3 Å². The van der Waals surface area contributed by atoms with E-state index in [0.29, 0.717) is 0 Å². The van der Waals surface area contributed by atoms with Gasteiger partial charge in [0.25, 0.3) is 0 Å². The number of ether oxygens (including phenoxy) is 1. The second-order valence-corrected chi connectivity index (χ2v) is 3.62. The van der Waals surface area contributed by atoms with E-state index in [1.165, 1.54) is 0 Å². The fourth-order valence-electron chi connectivity index (χ4n) is 1.84. The summed E-state index contributed by atoms with van der Waals surface area (Å²) in [6.45, 7) is 4.14. The van der Waals surface area contributed by atoms with Gasteiger partial charge in [-0.1, -0.05) is 0 Å². The lowest BCUT2D eigenvalue weighted by Gasteiger charge is -2.22. The predicted octanol–water partition coefficient (Wildman–Crippen LogP) is 0.890. The van der Waals surface area contributed by atoms with Crippen LogP contribution in [-0.4, -0.2) is 38.3 Å². The van der Waals surface area contributed by atoms with Crippen LogP contribution in [-0.2, 0) is 0 Å². The molecule has 0 unspecified atom stereocenters. The quantitative estimate of drug-likeness (QED) is 0.781. The molecule has 0 radical (unpaired) electrons. The Kier molecular flexibility index (Phi) is 3.40. The molecule has 1 fully saturated rings. The Morgan fingerprint density at radius 2 is 2.33 bits per heavy atom. The molecule has 0 saturated carbocycles. The number of hydrogen-bond donors (Lipinski definition) is 1. The van der Waals surface area contributed by atoms with E-state index in [4.69, 9.17) is 4.74 Å². The van der Waals surface area contributed by atoms with E-state index in [0.717, 1.165) is 44.2 Å². The van der Waals surface area contributed by atoms with Crippen LogP contribution in [0, 0.1) is 0 Å². The second-order valence-electron chi connectivity index (χ2n) is 3.62. The van der Waals surface area contributed by atoms with E-state index in [1.807, 2.05) is 18.3 Å². The van der Waals surface area contributed by atoms with E-state index in [9.17, 15) is 0 Å². The van der Waals surface area contributed by atoms with Crippen molar-refractivity contribution in [3.05, 3.63) is 18.3 Å². The fourth-order valence-corrected chi connectivity index (χ4v) is 1.84. The van der Waals surface area contributed by atoms with Gasteiger partial charge in [-0.05, 0) is 25.1 Å². The molecular formula is C11H17N3O. The van der Waals surface area contributed by atoms with Gasteiger partial charge < -0.3 is 15.0 Å². The second kappa shape index (κ2) is 4.98. The molecule has 82 valence electrons. The van der Waals surface area contributed by atoms with E-state index in [-0.39, 0.29) is 0 Å². The van der Waals surface area contributed by atoms with Crippen molar-refractivity contribution >= 4 is 5.82 Å². The third-order valence-electron chi connectivity index (χ3n) is 2.61. The molecule has 1 aromatic rings. The Hall–Kier alpha value is -1.29. The van der Waals surface area contributed by atoms with Crippen molar-refractivity contribution < 1.29 is 4.74 Å². The molecule has 0 aliphatic carbocycles. The van der Waals surface area contributed by atoms with Crippen molar-refractivity contribution in [3.63, 3.8) is 0 Å². The summed E-state index contributed by atoms with van der Waals surface area (Å²) in [6.07, 6.45) is 2.97. The summed E-state index contributed by atoms with van der Waals surface area (Å²) < 4.78 is 5.31. The molecule has 4 nitrogen and oxygen atoms in total. The molecule has 1 aliphatic rings. The molecular weight excluding hydrogens is 190 g/mol. The average molecular weight is 207 g/mol. The lowest BCUT2D eigenvalue weighted by atomic mass is 10.3. The van der Waals surface area contributed by atoms with Crippen LogP contribution in [0.3, 0.4) is 0 Å². The molecule has 2 rings (SSSR count). The minimum atomic E-state index is 0.861. The standard InChI is InChI=1S/C11H17N3O/c1-15-10-4-2-6-13-11(10)14-8-3-5-12-7-9-14/h2,4,6,12H,3,5,7-9H2,1H3. The maximum absolute atomic E-state index is 5.31. The van der Waals surface area contributed by atoms with Crippen LogP contribution in [0.25, 0.3) is 0 Å². The predicted molar refractivity (Wildman–Crippen MR) is 60.5 cm³/mol. The highest BCUT2D eigenvalue weighted by Crippen LogP contribution is 2.24. The molecule has 0 aromatic carbocycles. The zero-order chi connectivity index (χ0) is 10.5. The minimum absolute atomic E-state index is 0.861. The third-order valence-corrected chi connectivity index (χ3v) is 2.61. The first kappa shape index (κ1) is 10.2. The number of anilines is 1. The molecule has 1 saturated heterocycles. The molecule has 0 bridgehead atoms. The van der Waals surface area contributed by atoms with Crippen LogP contribution >= 0.6 is 0 Å². The fraction of sp³-hybridized carbons (Fsp3) is 0.545. The van der Waals surface area contributed by atoms with Crippen LogP contribution in [0.4, 0.5) is 5.82 Å². The maximum Gasteiger partial charge on any atom is 0.171 e. The highest BCUT2D eigenvalue weighted by Gasteiger charge is 2.14. The average Bonchev–Trinajstić information content (AvgIpc) is 2.57. The number of nitrogens with zero attached hydrogens (tertiary/aromatic N) is 2. The van der Waals surface area contributed by atoms with Gasteiger partial charge in [0, 0.05) is 25.8 Å². The highest BCUT2D eigenvalue weighted by molar-refractivity contribution is 5.52. The summed E-state index contributed by atoms with van der Waals surface area (Å²) in [5, 5.41) is 3.37. The van der Waals surface area contributed by atoms with Gasteiger partial charge in [0.2, 0.25) is 0 Å². The summed E-state index contributed by atoms with van der Waals surface area (Å²) in [7, 11) is 1.69. The van der Waals surface area contributed by atoms with Gasteiger partial charge in [-0.25, -0.2) is 4.98 Å². The molecule has 1 N–H and O–H groups in total. The van der Waals surface area contributed by atoms with Crippen LogP contribution in [0.5, 0.6) is 5.75 Å². The van der Waals surface area contributed by atoms with Gasteiger partial charge in [-0.2, -0.15) is 0 Å². The van der Waals surface area contributed by atoms with Crippen molar-refractivity contribution in [1.29, 1.82) is 0 Å². The summed E-state index contributed by atoms with van der Waals surface area (Å²) in [5.74, 6) is 1.82. The number of hydrogen-bond acceptors (Lipinski definition) is 4. The van der Waals surface area contributed by atoms with Crippen LogP contribution in [0.1, 0.15) is 6.42 Å². The molecule has 0 spiro atoms. The van der Waals surface area contributed by atoms with Crippen molar-refractivity contribution in [3.8, 4) is 5.75 Å². The largest absolute Gasteiger partial charge is 0.493 e. The first-order chi connectivity index (χ1) is 7.42. The number of rotatable bonds is 2. The number of methoxy groups -OCH3 is 1. The molecule has 4 heteroatoms. The lowest BCUT2D eigenvalue weighted by molar-refractivity contribution is 0.412. The van der Waals surface area contributed by atoms with E-state index < -0.39 is 0 Å². The molecule has 15 heavy (non-hydrogen) atoms. The van der Waals surface area contributed by atoms with Crippen molar-refractivity contribution in [1.82, 2.24) is 10.3 Å². The first-order valence-electron chi connectivity index (χ1n) is 5.36. The number of nitrogens with one attached hydrogen (secondary N) is 1. The minimum Gasteiger partial charge on any atom is -0.493 e. The zero-order valence-corrected chi connectivity index (χ0v) is 9.07. The lowest BCUT2D eigenvalue weighted by Crippen LogP contribution is -2.28. The van der Waals surface area contributed by atoms with Gasteiger partial charge >= 0.3 is 0 Å². The molecule has 0 amide bonds. The third kappa shape index (κ3) is 2.39. The summed E-state index contributed by atoms with van der Waals surface area (Å²) in [4.78, 5) is 6.66. The Morgan fingerprint density at radius 3 is 3.20 bits per heavy atom. The SMILES string of the molecule is COc1cccnc1N1CCCNCC1. The van der Waals surface area contributed by atoms with Crippen molar-refractivity contribution in [2.75, 3.05) is 38.2 Å². The van der Waals surface area contributed by atoms with Gasteiger partial charge in [-0.3, -0.25) is 0 Å². The molecule has 1 aliphatic heterocycles. The van der Waals surface area contributed by atoms with Crippen LogP contribution in [0.15, 0.2) is 18.3 Å². The monoisotopic (exact) mass is 207 g/mol. The number of aromatic nitrogens is 1. The summed E-state index contributed by atoms with van der Waals surface area (Å²) >= 11 is 0. The van der Waals surface area contributed by atoms with Crippen LogP contribution in [0.2, 0.25) is 0 Å².